The average Bonchev–Trinajstić information content (AvgIpc) is 3.43. The SMILES string of the molecule is CC(=O)O[C@H]1[C@H](OC(C)=O)[C@@]2(C)[C@@H]3CC[C@H]4C(C)(C)[C@@H](O[C@@H]5OC[C@@H](O)[C@H](O)[C@H]5O)CC[C@@]45C[C@@]35CC[C@]2(CO)[C@H]1[C@]1(C)CCC(C(C)(C)O)O1. The first-order valence-electron chi connectivity index (χ1n) is 19.3. The van der Waals surface area contributed by atoms with Crippen LogP contribution in [0.2, 0.25) is 0 Å². The average molecular weight is 723 g/mol. The summed E-state index contributed by atoms with van der Waals surface area (Å²) in [5.74, 6) is -1.06. The number of rotatable bonds is 7. The van der Waals surface area contributed by atoms with Crippen molar-refractivity contribution in [2.75, 3.05) is 13.2 Å². The van der Waals surface area contributed by atoms with E-state index in [2.05, 4.69) is 20.8 Å². The van der Waals surface area contributed by atoms with Crippen molar-refractivity contribution in [2.24, 2.45) is 44.8 Å². The van der Waals surface area contributed by atoms with Crippen LogP contribution in [0.1, 0.15) is 113 Å². The van der Waals surface area contributed by atoms with Crippen LogP contribution in [0.5, 0.6) is 0 Å². The zero-order valence-corrected chi connectivity index (χ0v) is 31.7. The van der Waals surface area contributed by atoms with Gasteiger partial charge in [-0.25, -0.2) is 0 Å². The third-order valence-electron chi connectivity index (χ3n) is 16.2. The second kappa shape index (κ2) is 12.1. The molecule has 2 heterocycles. The molecule has 7 rings (SSSR count). The molecule has 2 spiro atoms. The molecular formula is C39H62O12. The molecule has 1 unspecified atom stereocenters. The van der Waals surface area contributed by atoms with Gasteiger partial charge in [-0.3, -0.25) is 9.59 Å². The predicted molar refractivity (Wildman–Crippen MR) is 182 cm³/mol. The molecule has 16 atom stereocenters. The third kappa shape index (κ3) is 5.12. The number of carbonyl (C=O) groups excluding carboxylic acids is 2. The van der Waals surface area contributed by atoms with Crippen LogP contribution < -0.4 is 0 Å². The Hall–Kier alpha value is -1.38. The van der Waals surface area contributed by atoms with Crippen molar-refractivity contribution in [1.82, 2.24) is 0 Å². The lowest BCUT2D eigenvalue weighted by Crippen LogP contribution is -2.63. The van der Waals surface area contributed by atoms with Crippen molar-refractivity contribution in [3.63, 3.8) is 0 Å². The van der Waals surface area contributed by atoms with Crippen LogP contribution in [-0.4, -0.2) is 111 Å². The van der Waals surface area contributed by atoms with Gasteiger partial charge in [-0.2, -0.15) is 0 Å². The molecule has 0 bridgehead atoms. The Bertz CT molecular complexity index is 1400. The number of hydrogen-bond donors (Lipinski definition) is 5. The Morgan fingerprint density at radius 2 is 1.49 bits per heavy atom. The Morgan fingerprint density at radius 1 is 0.843 bits per heavy atom. The molecule has 290 valence electrons. The van der Waals surface area contributed by atoms with E-state index in [1.165, 1.54) is 13.8 Å². The van der Waals surface area contributed by atoms with Gasteiger partial charge in [0.05, 0.1) is 30.0 Å². The van der Waals surface area contributed by atoms with Crippen LogP contribution in [0, 0.1) is 44.8 Å². The Kier molecular flexibility index (Phi) is 8.97. The summed E-state index contributed by atoms with van der Waals surface area (Å²) in [7, 11) is 0. The van der Waals surface area contributed by atoms with Gasteiger partial charge >= 0.3 is 11.9 Å². The van der Waals surface area contributed by atoms with Gasteiger partial charge in [0.25, 0.3) is 0 Å². The maximum atomic E-state index is 13.0. The maximum absolute atomic E-state index is 13.0. The summed E-state index contributed by atoms with van der Waals surface area (Å²) in [5.41, 5.74) is -3.87. The molecule has 0 aromatic rings. The molecule has 2 saturated heterocycles. The Morgan fingerprint density at radius 3 is 2.10 bits per heavy atom. The zero-order chi connectivity index (χ0) is 37.3. The zero-order valence-electron chi connectivity index (χ0n) is 31.7. The normalized spacial score (nSPS) is 52.9. The van der Waals surface area contributed by atoms with Gasteiger partial charge in [0.2, 0.25) is 0 Å². The maximum Gasteiger partial charge on any atom is 0.303 e. The summed E-state index contributed by atoms with van der Waals surface area (Å²) in [6.07, 6.45) is -0.0954. The highest BCUT2D eigenvalue weighted by Crippen LogP contribution is 2.89. The number of aliphatic hydroxyl groups excluding tert-OH is 4. The molecule has 2 aliphatic heterocycles. The summed E-state index contributed by atoms with van der Waals surface area (Å²) < 4.78 is 31.5. The minimum Gasteiger partial charge on any atom is -0.458 e. The van der Waals surface area contributed by atoms with E-state index in [0.717, 1.165) is 38.5 Å². The molecule has 5 N–H and O–H groups in total. The Labute approximate surface area is 301 Å². The number of carbonyl (C=O) groups is 2. The van der Waals surface area contributed by atoms with Crippen molar-refractivity contribution < 1.29 is 58.8 Å². The fourth-order valence-electron chi connectivity index (χ4n) is 14.0. The van der Waals surface area contributed by atoms with Crippen LogP contribution in [-0.2, 0) is 33.3 Å². The van der Waals surface area contributed by atoms with Gasteiger partial charge in [-0.1, -0.05) is 20.8 Å². The minimum atomic E-state index is -1.35. The highest BCUT2D eigenvalue weighted by Gasteiger charge is 2.87. The topological polar surface area (TPSA) is 181 Å². The van der Waals surface area contributed by atoms with E-state index < -0.39 is 82.8 Å². The highest BCUT2D eigenvalue weighted by molar-refractivity contribution is 5.68. The first-order valence-corrected chi connectivity index (χ1v) is 19.3. The lowest BCUT2D eigenvalue weighted by atomic mass is 9.41. The van der Waals surface area contributed by atoms with Crippen LogP contribution in [0.3, 0.4) is 0 Å². The van der Waals surface area contributed by atoms with E-state index in [1.54, 1.807) is 13.8 Å². The third-order valence-corrected chi connectivity index (χ3v) is 16.2. The fraction of sp³-hybridized carbons (Fsp3) is 0.949. The quantitative estimate of drug-likeness (QED) is 0.192. The molecule has 12 heteroatoms. The van der Waals surface area contributed by atoms with E-state index in [1.807, 2.05) is 6.92 Å². The standard InChI is InChI=1S/C39H62O12/c1-20(41)48-29-30(35(7)13-11-26(51-35)34(5,6)46)39(19-40)16-15-38-18-37(38)14-12-25(50-32-28(45)27(44)22(43)17-47-32)33(3,4)23(37)9-10-24(38)36(39,8)31(29)49-21(2)42/h22-32,40,43-46H,9-19H2,1-8H3/t22-,23+,24+,25+,26?,27+,28-,29-,30-,31+,32+,35+,36-,37-,38+,39+/m1/s1. The monoisotopic (exact) mass is 722 g/mol. The molecule has 12 nitrogen and oxygen atoms in total. The summed E-state index contributed by atoms with van der Waals surface area (Å²) >= 11 is 0. The molecule has 0 aromatic carbocycles. The van der Waals surface area contributed by atoms with Gasteiger partial charge in [-0.05, 0) is 107 Å². The largest absolute Gasteiger partial charge is 0.458 e. The van der Waals surface area contributed by atoms with Crippen molar-refractivity contribution in [2.45, 2.75) is 173 Å². The molecule has 0 amide bonds. The second-order valence-electron chi connectivity index (χ2n) is 19.2. The van der Waals surface area contributed by atoms with Gasteiger partial charge < -0.3 is 49.2 Å². The highest BCUT2D eigenvalue weighted by atomic mass is 16.7. The Balaban J connectivity index is 1.25. The molecule has 51 heavy (non-hydrogen) atoms. The van der Waals surface area contributed by atoms with Crippen LogP contribution in [0.25, 0.3) is 0 Å². The van der Waals surface area contributed by atoms with Gasteiger partial charge in [0.15, 0.2) is 6.29 Å². The molecule has 5 saturated carbocycles. The number of fused-ring (bicyclic) bond motifs is 2. The van der Waals surface area contributed by atoms with Crippen LogP contribution >= 0.6 is 0 Å². The van der Waals surface area contributed by atoms with Crippen LogP contribution in [0.15, 0.2) is 0 Å². The molecule has 7 fully saturated rings. The summed E-state index contributed by atoms with van der Waals surface area (Å²) in [6, 6.07) is 0. The summed E-state index contributed by atoms with van der Waals surface area (Å²) in [5, 5.41) is 53.8. The molecule has 5 aliphatic carbocycles. The first-order chi connectivity index (χ1) is 23.6. The van der Waals surface area contributed by atoms with Crippen molar-refractivity contribution in [3.05, 3.63) is 0 Å². The fourth-order valence-corrected chi connectivity index (χ4v) is 14.0. The smallest absolute Gasteiger partial charge is 0.303 e. The molecule has 0 aromatic heterocycles. The van der Waals surface area contributed by atoms with Gasteiger partial charge in [0.1, 0.15) is 30.5 Å². The van der Waals surface area contributed by atoms with E-state index in [-0.39, 0.29) is 41.5 Å². The van der Waals surface area contributed by atoms with Gasteiger partial charge in [0, 0.05) is 37.2 Å². The van der Waals surface area contributed by atoms with Crippen molar-refractivity contribution in [1.29, 1.82) is 0 Å². The van der Waals surface area contributed by atoms with Crippen molar-refractivity contribution >= 4 is 11.9 Å². The molecule has 7 aliphatic rings. The minimum absolute atomic E-state index is 0.00120. The van der Waals surface area contributed by atoms with Gasteiger partial charge in [-0.15, -0.1) is 0 Å². The summed E-state index contributed by atoms with van der Waals surface area (Å²) in [4.78, 5) is 25.9. The number of hydrogen-bond acceptors (Lipinski definition) is 12. The van der Waals surface area contributed by atoms with E-state index in [0.29, 0.717) is 25.2 Å². The lowest BCUT2D eigenvalue weighted by molar-refractivity contribution is -0.303. The van der Waals surface area contributed by atoms with E-state index in [9.17, 15) is 35.1 Å². The van der Waals surface area contributed by atoms with Crippen LogP contribution in [0.4, 0.5) is 0 Å². The summed E-state index contributed by atoms with van der Waals surface area (Å²) in [6.45, 7) is 14.6. The molecule has 0 radical (unpaired) electrons. The lowest BCUT2D eigenvalue weighted by Gasteiger charge is -2.64. The predicted octanol–water partition coefficient (Wildman–Crippen LogP) is 3.01. The number of esters is 2. The first kappa shape index (κ1) is 37.9. The number of ether oxygens (including phenoxy) is 5. The molecular weight excluding hydrogens is 660 g/mol. The van der Waals surface area contributed by atoms with E-state index in [4.69, 9.17) is 23.7 Å². The second-order valence-corrected chi connectivity index (χ2v) is 19.2. The number of aliphatic hydroxyl groups is 5. The van der Waals surface area contributed by atoms with Crippen molar-refractivity contribution in [3.8, 4) is 0 Å². The van der Waals surface area contributed by atoms with E-state index >= 15 is 0 Å².